The molecular formula is C20H34O4. The smallest absolute Gasteiger partial charge is 0.0902 e. The Morgan fingerprint density at radius 3 is 2.46 bits per heavy atom. The fraction of sp³-hybridized carbons (Fsp3) is 0.900. The Hall–Kier alpha value is -0.420. The first-order valence-electron chi connectivity index (χ1n) is 9.50. The minimum atomic E-state index is -1.20. The van der Waals surface area contributed by atoms with Crippen molar-refractivity contribution in [1.82, 2.24) is 0 Å². The molecule has 2 heterocycles. The maximum atomic E-state index is 11.2. The summed E-state index contributed by atoms with van der Waals surface area (Å²) >= 11 is 0. The molecule has 1 saturated carbocycles. The Morgan fingerprint density at radius 1 is 1.17 bits per heavy atom. The molecule has 0 radical (unpaired) electrons. The van der Waals surface area contributed by atoms with Crippen LogP contribution in [-0.2, 0) is 4.74 Å². The van der Waals surface area contributed by atoms with Gasteiger partial charge in [0.1, 0.15) is 0 Å². The van der Waals surface area contributed by atoms with Crippen molar-refractivity contribution in [3.05, 3.63) is 12.2 Å². The highest BCUT2D eigenvalue weighted by atomic mass is 16.5. The number of aliphatic hydroxyl groups excluding tert-OH is 1. The third-order valence-electron chi connectivity index (χ3n) is 6.98. The predicted octanol–water partition coefficient (Wildman–Crippen LogP) is 2.66. The molecule has 0 amide bonds. The number of fused-ring (bicyclic) bond motifs is 5. The van der Waals surface area contributed by atoms with Crippen LogP contribution in [0.2, 0.25) is 0 Å². The van der Waals surface area contributed by atoms with Crippen LogP contribution in [0.3, 0.4) is 0 Å². The van der Waals surface area contributed by atoms with E-state index in [2.05, 4.69) is 20.4 Å². The van der Waals surface area contributed by atoms with Crippen LogP contribution < -0.4 is 0 Å². The van der Waals surface area contributed by atoms with Crippen LogP contribution in [0.5, 0.6) is 0 Å². The van der Waals surface area contributed by atoms with Gasteiger partial charge in [0, 0.05) is 12.3 Å². The molecule has 0 unspecified atom stereocenters. The Kier molecular flexibility index (Phi) is 4.66. The maximum absolute atomic E-state index is 11.2. The summed E-state index contributed by atoms with van der Waals surface area (Å²) in [7, 11) is 0. The zero-order valence-corrected chi connectivity index (χ0v) is 15.5. The molecule has 3 rings (SSSR count). The molecule has 4 heteroatoms. The zero-order chi connectivity index (χ0) is 17.9. The van der Waals surface area contributed by atoms with Gasteiger partial charge in [-0.05, 0) is 57.3 Å². The molecule has 3 N–H and O–H groups in total. The molecule has 0 aromatic rings. The lowest BCUT2D eigenvalue weighted by Gasteiger charge is -2.44. The minimum Gasteiger partial charge on any atom is -0.390 e. The summed E-state index contributed by atoms with van der Waals surface area (Å²) in [6, 6.07) is 0. The lowest BCUT2D eigenvalue weighted by molar-refractivity contribution is -0.120. The SMILES string of the molecule is C=C1CC[C@H](C(C)C)[C@H]2[C@@H]1[C@H]1C[C@@](C)(O)[C@H](O)CC[C@](C)(O)[C@@H]2O1. The number of hydrogen-bond acceptors (Lipinski definition) is 4. The summed E-state index contributed by atoms with van der Waals surface area (Å²) in [6.07, 6.45) is 2.03. The highest BCUT2D eigenvalue weighted by molar-refractivity contribution is 5.18. The average Bonchev–Trinajstić information content (AvgIpc) is 2.85. The number of ether oxygens (including phenoxy) is 1. The van der Waals surface area contributed by atoms with Gasteiger partial charge < -0.3 is 20.1 Å². The molecule has 2 bridgehead atoms. The molecule has 4 nitrogen and oxygen atoms in total. The quantitative estimate of drug-likeness (QED) is 0.643. The van der Waals surface area contributed by atoms with Gasteiger partial charge in [0.05, 0.1) is 29.5 Å². The van der Waals surface area contributed by atoms with Gasteiger partial charge in [-0.1, -0.05) is 26.0 Å². The lowest BCUT2D eigenvalue weighted by Crippen LogP contribution is -2.50. The van der Waals surface area contributed by atoms with E-state index < -0.39 is 17.3 Å². The first-order valence-corrected chi connectivity index (χ1v) is 9.50. The number of rotatable bonds is 1. The van der Waals surface area contributed by atoms with Gasteiger partial charge in [-0.15, -0.1) is 0 Å². The van der Waals surface area contributed by atoms with Crippen LogP contribution in [0.15, 0.2) is 12.2 Å². The van der Waals surface area contributed by atoms with E-state index in [1.165, 1.54) is 5.57 Å². The van der Waals surface area contributed by atoms with Gasteiger partial charge in [-0.2, -0.15) is 0 Å². The van der Waals surface area contributed by atoms with Crippen molar-refractivity contribution < 1.29 is 20.1 Å². The third-order valence-corrected chi connectivity index (χ3v) is 6.98. The van der Waals surface area contributed by atoms with E-state index in [1.54, 1.807) is 6.92 Å². The van der Waals surface area contributed by atoms with Gasteiger partial charge in [0.15, 0.2) is 0 Å². The summed E-state index contributed by atoms with van der Waals surface area (Å²) in [5.74, 6) is 1.44. The molecule has 8 atom stereocenters. The normalized spacial score (nSPS) is 52.6. The van der Waals surface area contributed by atoms with Crippen LogP contribution in [0.1, 0.15) is 59.8 Å². The van der Waals surface area contributed by atoms with Gasteiger partial charge in [-0.3, -0.25) is 0 Å². The fourth-order valence-electron chi connectivity index (χ4n) is 5.48. The molecule has 0 aromatic carbocycles. The van der Waals surface area contributed by atoms with Gasteiger partial charge >= 0.3 is 0 Å². The van der Waals surface area contributed by atoms with E-state index in [1.807, 2.05) is 6.92 Å². The molecule has 24 heavy (non-hydrogen) atoms. The molecule has 0 aromatic heterocycles. The topological polar surface area (TPSA) is 69.9 Å². The van der Waals surface area contributed by atoms with E-state index >= 15 is 0 Å². The van der Waals surface area contributed by atoms with E-state index in [9.17, 15) is 15.3 Å². The molecule has 3 aliphatic rings. The van der Waals surface area contributed by atoms with Crippen LogP contribution in [0.25, 0.3) is 0 Å². The zero-order valence-electron chi connectivity index (χ0n) is 15.5. The molecule has 2 aliphatic heterocycles. The van der Waals surface area contributed by atoms with Crippen molar-refractivity contribution in [2.24, 2.45) is 23.7 Å². The van der Waals surface area contributed by atoms with Gasteiger partial charge in [0.25, 0.3) is 0 Å². The second-order valence-corrected chi connectivity index (χ2v) is 9.28. The first kappa shape index (κ1) is 18.4. The standard InChI is InChI=1S/C20H34O4/c1-11(2)13-7-6-12(3)16-14-10-20(5,23)15(21)8-9-19(4,22)18(24-14)17(13)16/h11,13-18,21-23H,3,6-10H2,1-2,4-5H3/t13-,14-,15-,16+,17+,18-,19+,20-/m1/s1. The number of aliphatic hydroxyl groups is 3. The largest absolute Gasteiger partial charge is 0.390 e. The van der Waals surface area contributed by atoms with E-state index in [-0.39, 0.29) is 24.0 Å². The maximum Gasteiger partial charge on any atom is 0.0902 e. The Bertz CT molecular complexity index is 496. The Labute approximate surface area is 145 Å². The lowest BCUT2D eigenvalue weighted by atomic mass is 9.60. The monoisotopic (exact) mass is 338 g/mol. The second-order valence-electron chi connectivity index (χ2n) is 9.28. The van der Waals surface area contributed by atoms with E-state index in [0.717, 1.165) is 12.8 Å². The molecule has 2 saturated heterocycles. The fourth-order valence-corrected chi connectivity index (χ4v) is 5.48. The summed E-state index contributed by atoms with van der Waals surface area (Å²) in [5.41, 5.74) is -1.01. The highest BCUT2D eigenvalue weighted by Crippen LogP contribution is 2.55. The van der Waals surface area contributed by atoms with Crippen LogP contribution in [0.4, 0.5) is 0 Å². The third kappa shape index (κ3) is 2.96. The Balaban J connectivity index is 2.02. The van der Waals surface area contributed by atoms with E-state index in [4.69, 9.17) is 4.74 Å². The van der Waals surface area contributed by atoms with Crippen LogP contribution in [-0.4, -0.2) is 44.8 Å². The van der Waals surface area contributed by atoms with Crippen molar-refractivity contribution in [2.75, 3.05) is 0 Å². The summed E-state index contributed by atoms with van der Waals surface area (Å²) in [6.45, 7) is 12.3. The average molecular weight is 338 g/mol. The van der Waals surface area contributed by atoms with Crippen molar-refractivity contribution in [2.45, 2.75) is 89.3 Å². The molecule has 1 aliphatic carbocycles. The van der Waals surface area contributed by atoms with Crippen molar-refractivity contribution >= 4 is 0 Å². The van der Waals surface area contributed by atoms with Gasteiger partial charge in [0.2, 0.25) is 0 Å². The van der Waals surface area contributed by atoms with Crippen molar-refractivity contribution in [3.8, 4) is 0 Å². The first-order chi connectivity index (χ1) is 11.0. The molecule has 3 fully saturated rings. The predicted molar refractivity (Wildman–Crippen MR) is 93.4 cm³/mol. The summed E-state index contributed by atoms with van der Waals surface area (Å²) in [5, 5.41) is 32.3. The van der Waals surface area contributed by atoms with Crippen molar-refractivity contribution in [3.63, 3.8) is 0 Å². The summed E-state index contributed by atoms with van der Waals surface area (Å²) < 4.78 is 6.40. The van der Waals surface area contributed by atoms with Crippen LogP contribution in [0, 0.1) is 23.7 Å². The molecule has 0 spiro atoms. The Morgan fingerprint density at radius 2 is 1.83 bits per heavy atom. The second kappa shape index (κ2) is 6.08. The summed E-state index contributed by atoms with van der Waals surface area (Å²) in [4.78, 5) is 0. The van der Waals surface area contributed by atoms with Crippen molar-refractivity contribution in [1.29, 1.82) is 0 Å². The molecular weight excluding hydrogens is 304 g/mol. The van der Waals surface area contributed by atoms with Gasteiger partial charge in [-0.25, -0.2) is 0 Å². The minimum absolute atomic E-state index is 0.166. The number of hydrogen-bond donors (Lipinski definition) is 3. The van der Waals surface area contributed by atoms with E-state index in [0.29, 0.717) is 31.1 Å². The highest BCUT2D eigenvalue weighted by Gasteiger charge is 2.58. The molecule has 138 valence electrons. The van der Waals surface area contributed by atoms with Crippen LogP contribution >= 0.6 is 0 Å².